The van der Waals surface area contributed by atoms with E-state index in [1.54, 1.807) is 12.1 Å². The third kappa shape index (κ3) is 3.67. The summed E-state index contributed by atoms with van der Waals surface area (Å²) in [6, 6.07) is 3.97. The van der Waals surface area contributed by atoms with Gasteiger partial charge in [0, 0.05) is 12.1 Å². The summed E-state index contributed by atoms with van der Waals surface area (Å²) in [5, 5.41) is 8.52. The standard InChI is InChI=1S/C13H13BrFN3O4/c1-20-10-5-11(21-2)9(4-8(10)14)16-13(19)17-12-3-7(6-15)22-18-12/h3-5H,6H2,1-2H3,(H2,16,17,18,19). The van der Waals surface area contributed by atoms with E-state index in [0.29, 0.717) is 21.7 Å². The van der Waals surface area contributed by atoms with Crippen molar-refractivity contribution in [2.45, 2.75) is 6.67 Å². The van der Waals surface area contributed by atoms with E-state index in [0.717, 1.165) is 0 Å². The number of anilines is 2. The summed E-state index contributed by atoms with van der Waals surface area (Å²) in [6.07, 6.45) is 0. The summed E-state index contributed by atoms with van der Waals surface area (Å²) in [6.45, 7) is -0.796. The molecule has 7 nitrogen and oxygen atoms in total. The average Bonchev–Trinajstić information content (AvgIpc) is 2.95. The van der Waals surface area contributed by atoms with Crippen molar-refractivity contribution in [1.29, 1.82) is 0 Å². The summed E-state index contributed by atoms with van der Waals surface area (Å²) < 4.78 is 28.0. The fourth-order valence-corrected chi connectivity index (χ4v) is 2.17. The number of halogens is 2. The van der Waals surface area contributed by atoms with Gasteiger partial charge in [0.1, 0.15) is 11.5 Å². The first-order valence-corrected chi connectivity index (χ1v) is 6.87. The monoisotopic (exact) mass is 373 g/mol. The molecular formula is C13H13BrFN3O4. The van der Waals surface area contributed by atoms with Crippen molar-refractivity contribution in [1.82, 2.24) is 5.16 Å². The van der Waals surface area contributed by atoms with Crippen molar-refractivity contribution in [3.05, 3.63) is 28.4 Å². The third-order valence-corrected chi connectivity index (χ3v) is 3.27. The van der Waals surface area contributed by atoms with Crippen LogP contribution < -0.4 is 20.1 Å². The lowest BCUT2D eigenvalue weighted by Gasteiger charge is -2.13. The number of urea groups is 1. The molecule has 0 aliphatic carbocycles. The molecule has 22 heavy (non-hydrogen) atoms. The van der Waals surface area contributed by atoms with Crippen LogP contribution in [-0.2, 0) is 6.67 Å². The number of methoxy groups -OCH3 is 2. The van der Waals surface area contributed by atoms with Crippen LogP contribution in [0, 0.1) is 0 Å². The van der Waals surface area contributed by atoms with Gasteiger partial charge in [-0.3, -0.25) is 5.32 Å². The zero-order valence-corrected chi connectivity index (χ0v) is 13.4. The molecule has 2 rings (SSSR count). The Morgan fingerprint density at radius 3 is 2.59 bits per heavy atom. The van der Waals surface area contributed by atoms with Crippen molar-refractivity contribution in [3.8, 4) is 11.5 Å². The van der Waals surface area contributed by atoms with Crippen LogP contribution in [0.3, 0.4) is 0 Å². The molecule has 0 saturated heterocycles. The Bertz CT molecular complexity index is 677. The van der Waals surface area contributed by atoms with Crippen molar-refractivity contribution in [2.24, 2.45) is 0 Å². The van der Waals surface area contributed by atoms with E-state index in [-0.39, 0.29) is 11.6 Å². The Kier molecular flexibility index (Phi) is 5.21. The minimum atomic E-state index is -0.796. The number of rotatable bonds is 5. The van der Waals surface area contributed by atoms with Gasteiger partial charge in [0.2, 0.25) is 0 Å². The van der Waals surface area contributed by atoms with Gasteiger partial charge in [0.25, 0.3) is 0 Å². The predicted octanol–water partition coefficient (Wildman–Crippen LogP) is 3.57. The highest BCUT2D eigenvalue weighted by atomic mass is 79.9. The van der Waals surface area contributed by atoms with Gasteiger partial charge in [-0.15, -0.1) is 0 Å². The number of aromatic nitrogens is 1. The summed E-state index contributed by atoms with van der Waals surface area (Å²) >= 11 is 3.32. The van der Waals surface area contributed by atoms with Crippen LogP contribution in [0.4, 0.5) is 20.7 Å². The molecule has 0 bridgehead atoms. The second-order valence-corrected chi connectivity index (χ2v) is 4.93. The number of nitrogens with zero attached hydrogens (tertiary/aromatic N) is 1. The Morgan fingerprint density at radius 2 is 2.00 bits per heavy atom. The molecule has 0 spiro atoms. The Hall–Kier alpha value is -2.29. The van der Waals surface area contributed by atoms with E-state index < -0.39 is 12.7 Å². The van der Waals surface area contributed by atoms with E-state index in [9.17, 15) is 9.18 Å². The molecule has 2 aromatic rings. The molecule has 0 saturated carbocycles. The maximum Gasteiger partial charge on any atom is 0.325 e. The number of carbonyl (C=O) groups excluding carboxylic acids is 1. The molecule has 0 unspecified atom stereocenters. The molecule has 1 heterocycles. The summed E-state index contributed by atoms with van der Waals surface area (Å²) in [4.78, 5) is 11.9. The molecule has 0 radical (unpaired) electrons. The molecular weight excluding hydrogens is 361 g/mol. The van der Waals surface area contributed by atoms with E-state index in [1.165, 1.54) is 20.3 Å². The zero-order valence-electron chi connectivity index (χ0n) is 11.8. The largest absolute Gasteiger partial charge is 0.495 e. The van der Waals surface area contributed by atoms with Crippen LogP contribution in [0.15, 0.2) is 27.2 Å². The third-order valence-electron chi connectivity index (χ3n) is 2.65. The van der Waals surface area contributed by atoms with Crippen molar-refractivity contribution in [2.75, 3.05) is 24.9 Å². The molecule has 2 N–H and O–H groups in total. The van der Waals surface area contributed by atoms with E-state index in [1.807, 2.05) is 0 Å². The van der Waals surface area contributed by atoms with E-state index in [2.05, 4.69) is 36.2 Å². The second kappa shape index (κ2) is 7.12. The van der Waals surface area contributed by atoms with Gasteiger partial charge >= 0.3 is 6.03 Å². The quantitative estimate of drug-likeness (QED) is 0.836. The number of carbonyl (C=O) groups is 1. The van der Waals surface area contributed by atoms with Crippen LogP contribution >= 0.6 is 15.9 Å². The fourth-order valence-electron chi connectivity index (χ4n) is 1.66. The van der Waals surface area contributed by atoms with E-state index in [4.69, 9.17) is 9.47 Å². The van der Waals surface area contributed by atoms with Gasteiger partial charge in [0.05, 0.1) is 24.4 Å². The van der Waals surface area contributed by atoms with Crippen LogP contribution in [0.5, 0.6) is 11.5 Å². The first-order valence-electron chi connectivity index (χ1n) is 6.08. The van der Waals surface area contributed by atoms with E-state index >= 15 is 0 Å². The van der Waals surface area contributed by atoms with Crippen LogP contribution in [0.25, 0.3) is 0 Å². The first-order chi connectivity index (χ1) is 10.6. The number of hydrogen-bond acceptors (Lipinski definition) is 5. The molecule has 0 fully saturated rings. The van der Waals surface area contributed by atoms with Gasteiger partial charge < -0.3 is 19.3 Å². The smallest absolute Gasteiger partial charge is 0.325 e. The van der Waals surface area contributed by atoms with Crippen LogP contribution in [0.1, 0.15) is 5.76 Å². The summed E-state index contributed by atoms with van der Waals surface area (Å²) in [7, 11) is 2.99. The Balaban J connectivity index is 2.12. The highest BCUT2D eigenvalue weighted by Gasteiger charge is 2.13. The lowest BCUT2D eigenvalue weighted by Crippen LogP contribution is -2.20. The van der Waals surface area contributed by atoms with Gasteiger partial charge in [-0.1, -0.05) is 5.16 Å². The fraction of sp³-hybridized carbons (Fsp3) is 0.231. The molecule has 0 aliphatic rings. The zero-order chi connectivity index (χ0) is 16.1. The van der Waals surface area contributed by atoms with Crippen molar-refractivity contribution < 1.29 is 23.2 Å². The number of benzene rings is 1. The van der Waals surface area contributed by atoms with Gasteiger partial charge in [-0.2, -0.15) is 0 Å². The number of amides is 2. The highest BCUT2D eigenvalue weighted by molar-refractivity contribution is 9.10. The minimum Gasteiger partial charge on any atom is -0.495 e. The molecule has 9 heteroatoms. The number of ether oxygens (including phenoxy) is 2. The SMILES string of the molecule is COc1cc(OC)c(NC(=O)Nc2cc(CF)on2)cc1Br. The molecule has 0 atom stereocenters. The number of nitrogens with one attached hydrogen (secondary N) is 2. The number of alkyl halides is 1. The van der Waals surface area contributed by atoms with Crippen molar-refractivity contribution in [3.63, 3.8) is 0 Å². The van der Waals surface area contributed by atoms with Crippen LogP contribution in [-0.4, -0.2) is 25.4 Å². The summed E-state index contributed by atoms with van der Waals surface area (Å²) in [5.41, 5.74) is 0.418. The molecule has 1 aromatic heterocycles. The average molecular weight is 374 g/mol. The molecule has 1 aromatic carbocycles. The normalized spacial score (nSPS) is 10.2. The van der Waals surface area contributed by atoms with Crippen molar-refractivity contribution >= 4 is 33.5 Å². The highest BCUT2D eigenvalue weighted by Crippen LogP contribution is 2.36. The lowest BCUT2D eigenvalue weighted by molar-refractivity contribution is 0.261. The van der Waals surface area contributed by atoms with Gasteiger partial charge in [-0.25, -0.2) is 9.18 Å². The second-order valence-electron chi connectivity index (χ2n) is 4.08. The maximum atomic E-state index is 12.3. The summed E-state index contributed by atoms with van der Waals surface area (Å²) in [5.74, 6) is 1.11. The Morgan fingerprint density at radius 1 is 1.27 bits per heavy atom. The minimum absolute atomic E-state index is 0.0278. The maximum absolute atomic E-state index is 12.3. The topological polar surface area (TPSA) is 85.6 Å². The molecule has 2 amide bonds. The van der Waals surface area contributed by atoms with Crippen LogP contribution in [0.2, 0.25) is 0 Å². The van der Waals surface area contributed by atoms with Gasteiger partial charge in [0.15, 0.2) is 18.3 Å². The predicted molar refractivity (Wildman–Crippen MR) is 81.2 cm³/mol. The lowest BCUT2D eigenvalue weighted by atomic mass is 10.2. The molecule has 0 aliphatic heterocycles. The molecule has 118 valence electrons. The number of hydrogen-bond donors (Lipinski definition) is 2. The Labute approximate surface area is 133 Å². The first kappa shape index (κ1) is 16.1. The van der Waals surface area contributed by atoms with Gasteiger partial charge in [-0.05, 0) is 22.0 Å².